The van der Waals surface area contributed by atoms with Gasteiger partial charge in [-0.1, -0.05) is 31.1 Å². The first-order valence-electron chi connectivity index (χ1n) is 26.0. The number of esters is 1. The Morgan fingerprint density at radius 1 is 0.859 bits per heavy atom. The minimum atomic E-state index is -0.840. The number of anilines is 4. The summed E-state index contributed by atoms with van der Waals surface area (Å²) in [5.41, 5.74) is 8.91. The molecule has 1 aromatic carbocycles. The Labute approximate surface area is 416 Å². The first kappa shape index (κ1) is 48.9. The van der Waals surface area contributed by atoms with Crippen molar-refractivity contribution >= 4 is 34.9 Å². The fraction of sp³-hybridized carbons (Fsp3) is 0.623. The van der Waals surface area contributed by atoms with E-state index in [0.29, 0.717) is 46.7 Å². The molecule has 6 fully saturated rings. The van der Waals surface area contributed by atoms with Gasteiger partial charge in [-0.3, -0.25) is 4.79 Å². The molecular weight excluding hydrogens is 905 g/mol. The molecule has 5 atom stereocenters. The Bertz CT molecular complexity index is 2480. The number of nitrogen functional groups attached to an aromatic ring is 1. The monoisotopic (exact) mass is 977 g/mol. The summed E-state index contributed by atoms with van der Waals surface area (Å²) >= 11 is 0. The highest BCUT2D eigenvalue weighted by atomic mass is 16.6. The lowest BCUT2D eigenvalue weighted by molar-refractivity contribution is -0.163. The van der Waals surface area contributed by atoms with E-state index in [0.717, 1.165) is 114 Å². The molecule has 10 rings (SSSR count). The van der Waals surface area contributed by atoms with Crippen molar-refractivity contribution in [2.24, 2.45) is 11.8 Å². The zero-order valence-corrected chi connectivity index (χ0v) is 41.9. The van der Waals surface area contributed by atoms with Crippen LogP contribution in [-0.2, 0) is 19.1 Å². The van der Waals surface area contributed by atoms with Crippen LogP contribution in [0.4, 0.5) is 23.0 Å². The number of para-hydroxylation sites is 1. The summed E-state index contributed by atoms with van der Waals surface area (Å²) in [6.45, 7) is 15.9. The molecule has 5 saturated heterocycles. The number of likely N-dealkylation sites (tertiary alicyclic amines) is 2. The summed E-state index contributed by atoms with van der Waals surface area (Å²) in [5.74, 6) is 1.52. The van der Waals surface area contributed by atoms with Gasteiger partial charge in [-0.2, -0.15) is 0 Å². The van der Waals surface area contributed by atoms with E-state index in [1.54, 1.807) is 32.9 Å². The van der Waals surface area contributed by atoms with E-state index >= 15 is 0 Å². The third kappa shape index (κ3) is 10.9. The lowest BCUT2D eigenvalue weighted by Gasteiger charge is -2.43. The zero-order valence-electron chi connectivity index (χ0n) is 41.9. The molecule has 18 heteroatoms. The molecular formula is C53H72N10O8. The molecule has 6 aliphatic rings. The highest BCUT2D eigenvalue weighted by molar-refractivity contribution is 5.89. The van der Waals surface area contributed by atoms with Crippen molar-refractivity contribution in [2.75, 3.05) is 72.8 Å². The number of carbonyl (C=O) groups is 2. The number of piperazine rings is 1. The van der Waals surface area contributed by atoms with Crippen LogP contribution in [0.3, 0.4) is 0 Å². The Morgan fingerprint density at radius 2 is 1.59 bits per heavy atom. The number of ether oxygens (including phenoxy) is 3. The highest BCUT2D eigenvalue weighted by Gasteiger charge is 2.46. The van der Waals surface area contributed by atoms with Crippen molar-refractivity contribution in [3.63, 3.8) is 0 Å². The number of piperidine rings is 2. The topological polar surface area (TPSA) is 209 Å². The smallest absolute Gasteiger partial charge is 0.329 e. The van der Waals surface area contributed by atoms with E-state index in [9.17, 15) is 19.8 Å². The number of amides is 1. The van der Waals surface area contributed by atoms with E-state index in [1.807, 2.05) is 44.3 Å². The Balaban J connectivity index is 0.642. The number of phenols is 1. The van der Waals surface area contributed by atoms with E-state index in [2.05, 4.69) is 52.1 Å². The van der Waals surface area contributed by atoms with Gasteiger partial charge in [0.15, 0.2) is 17.4 Å². The molecule has 1 aliphatic carbocycles. The molecule has 2 unspecified atom stereocenters. The number of carbonyl (C=O) groups excluding carboxylic acids is 2. The number of aliphatic hydroxyl groups is 1. The van der Waals surface area contributed by atoms with Crippen LogP contribution in [0.2, 0.25) is 0 Å². The number of hydrogen-bond acceptors (Lipinski definition) is 17. The largest absolute Gasteiger partial charge is 0.507 e. The van der Waals surface area contributed by atoms with Gasteiger partial charge in [0.2, 0.25) is 11.8 Å². The lowest BCUT2D eigenvalue weighted by Crippen LogP contribution is -2.54. The summed E-state index contributed by atoms with van der Waals surface area (Å²) < 4.78 is 24.5. The number of aromatic nitrogens is 4. The van der Waals surface area contributed by atoms with Crippen molar-refractivity contribution < 1.29 is 38.5 Å². The zero-order chi connectivity index (χ0) is 49.6. The van der Waals surface area contributed by atoms with Crippen molar-refractivity contribution in [1.82, 2.24) is 30.1 Å². The van der Waals surface area contributed by atoms with Gasteiger partial charge in [-0.05, 0) is 95.4 Å². The van der Waals surface area contributed by atoms with E-state index in [4.69, 9.17) is 24.5 Å². The predicted octanol–water partition coefficient (Wildman–Crippen LogP) is 6.02. The van der Waals surface area contributed by atoms with Gasteiger partial charge < -0.3 is 59.2 Å². The van der Waals surface area contributed by atoms with Crippen LogP contribution in [0.5, 0.6) is 11.6 Å². The highest BCUT2D eigenvalue weighted by Crippen LogP contribution is 2.41. The number of aliphatic hydroxyl groups excluding tert-OH is 1. The molecule has 8 heterocycles. The number of nitrogens with zero attached hydrogens (tertiary/aromatic N) is 9. The van der Waals surface area contributed by atoms with Crippen molar-refractivity contribution in [1.29, 1.82) is 0 Å². The summed E-state index contributed by atoms with van der Waals surface area (Å²) in [6, 6.07) is 14.9. The maximum absolute atomic E-state index is 14.0. The molecule has 1 saturated carbocycles. The fourth-order valence-electron chi connectivity index (χ4n) is 11.9. The average molecular weight is 977 g/mol. The number of nitrogens with two attached hydrogens (primary N) is 1. The number of β-amino-alcohol motifs (C(OH)–C–C–N with tert-alkyl or cyclic N) is 1. The number of rotatable bonds is 14. The van der Waals surface area contributed by atoms with Crippen molar-refractivity contribution in [3.8, 4) is 22.9 Å². The van der Waals surface area contributed by atoms with Gasteiger partial charge in [0.05, 0.1) is 29.7 Å². The van der Waals surface area contributed by atoms with Gasteiger partial charge in [0.25, 0.3) is 0 Å². The summed E-state index contributed by atoms with van der Waals surface area (Å²) in [7, 11) is 0. The minimum absolute atomic E-state index is 0.0790. The van der Waals surface area contributed by atoms with Gasteiger partial charge in [0, 0.05) is 113 Å². The van der Waals surface area contributed by atoms with E-state index < -0.39 is 29.6 Å². The second-order valence-electron chi connectivity index (χ2n) is 22.2. The Hall–Kier alpha value is -5.72. The number of hydrogen-bond donors (Lipinski definition) is 3. The van der Waals surface area contributed by atoms with Gasteiger partial charge in [-0.25, -0.2) is 9.78 Å². The van der Waals surface area contributed by atoms with Crippen molar-refractivity contribution in [3.05, 3.63) is 60.5 Å². The summed E-state index contributed by atoms with van der Waals surface area (Å²) in [4.78, 5) is 42.9. The Morgan fingerprint density at radius 3 is 2.30 bits per heavy atom. The third-order valence-corrected chi connectivity index (χ3v) is 15.5. The SMILES string of the molecule is CC(C)[C@@H](C(=O)N1C[C@H](O)C[C@H]1C(=O)OC(C)(C)C)c1cc(N2CCC(CN3CCC(O[C@H]4C[C@H](Oc5cc(N6C7CCC6CN(c6cc(-c8ccccc8O)nnc6N)C7)ccn5)C4)CC3)CC2)no1. The Kier molecular flexibility index (Phi) is 14.1. The van der Waals surface area contributed by atoms with Crippen LogP contribution in [0, 0.1) is 11.8 Å². The van der Waals surface area contributed by atoms with Crippen LogP contribution in [0.1, 0.15) is 104 Å². The maximum atomic E-state index is 14.0. The van der Waals surface area contributed by atoms with Crippen LogP contribution >= 0.6 is 0 Å². The molecule has 382 valence electrons. The first-order chi connectivity index (χ1) is 34.1. The van der Waals surface area contributed by atoms with Crippen molar-refractivity contribution in [2.45, 2.75) is 146 Å². The van der Waals surface area contributed by atoms with Crippen LogP contribution in [-0.4, -0.2) is 153 Å². The molecule has 0 radical (unpaired) electrons. The van der Waals surface area contributed by atoms with Gasteiger partial charge in [0.1, 0.15) is 29.4 Å². The third-order valence-electron chi connectivity index (χ3n) is 15.5. The summed E-state index contributed by atoms with van der Waals surface area (Å²) in [6.07, 6.45) is 9.88. The van der Waals surface area contributed by atoms with Gasteiger partial charge >= 0.3 is 5.97 Å². The minimum Gasteiger partial charge on any atom is -0.507 e. The quantitative estimate of drug-likeness (QED) is 0.123. The van der Waals surface area contributed by atoms with Crippen LogP contribution < -0.4 is 25.2 Å². The number of benzene rings is 1. The molecule has 4 aromatic rings. The number of aromatic hydroxyl groups is 1. The first-order valence-corrected chi connectivity index (χ1v) is 26.0. The second kappa shape index (κ2) is 20.4. The fourth-order valence-corrected chi connectivity index (χ4v) is 11.9. The second-order valence-corrected chi connectivity index (χ2v) is 22.2. The van der Waals surface area contributed by atoms with Gasteiger partial charge in [-0.15, -0.1) is 10.2 Å². The average Bonchev–Trinajstić information content (AvgIpc) is 4.04. The molecule has 18 nitrogen and oxygen atoms in total. The van der Waals surface area contributed by atoms with Crippen LogP contribution in [0.25, 0.3) is 11.3 Å². The molecule has 1 amide bonds. The molecule has 4 N–H and O–H groups in total. The predicted molar refractivity (Wildman–Crippen MR) is 268 cm³/mol. The molecule has 2 bridgehead atoms. The molecule has 5 aliphatic heterocycles. The number of fused-ring (bicyclic) bond motifs is 2. The molecule has 71 heavy (non-hydrogen) atoms. The maximum Gasteiger partial charge on any atom is 0.329 e. The van der Waals surface area contributed by atoms with E-state index in [1.165, 1.54) is 4.90 Å². The standard InChI is InChI=1S/C53H72N10O8/c1-32(2)49(51(66)62-31-37(64)23-44(62)52(67)70-53(3,4)5)46-27-47(58-71-46)60-20-13-33(14-21-60)28-59-18-15-38(16-19-59)68-39-24-40(25-39)69-48-22-34(12-17-55-48)63-35-10-11-36(63)30-61(29-35)43-26-42(56-57-50(43)54)41-8-6-7-9-45(41)65/h6-9,12,17,22,26-27,32-33,35-40,44,49,64-65H,10-11,13-16,18-21,23-25,28-31H2,1-5H3,(H2,54,57)/t35?,36?,37-,39-,40-,44+,49-/m1/s1. The molecule has 0 spiro atoms. The molecule has 3 aromatic heterocycles. The van der Waals surface area contributed by atoms with E-state index in [-0.39, 0.29) is 48.9 Å². The normalized spacial score (nSPS) is 26.0. The number of phenolic OH excluding ortho intramolecular Hbond substituents is 1. The number of pyridine rings is 1. The van der Waals surface area contributed by atoms with Crippen LogP contribution in [0.15, 0.2) is 59.3 Å². The lowest BCUT2D eigenvalue weighted by atomic mass is 9.91. The summed E-state index contributed by atoms with van der Waals surface area (Å²) in [5, 5.41) is 33.9.